The van der Waals surface area contributed by atoms with Crippen LogP contribution in [0.2, 0.25) is 10.2 Å². The Balaban J connectivity index is 2.19. The summed E-state index contributed by atoms with van der Waals surface area (Å²) in [4.78, 5) is 6.05. The van der Waals surface area contributed by atoms with Crippen LogP contribution in [0.15, 0.2) is 46.5 Å². The second-order valence-corrected chi connectivity index (χ2v) is 6.59. The first-order chi connectivity index (χ1) is 9.90. The first-order valence-electron chi connectivity index (χ1n) is 5.82. The third-order valence-electron chi connectivity index (χ3n) is 2.59. The van der Waals surface area contributed by atoms with Gasteiger partial charge in [0.05, 0.1) is 21.7 Å². The van der Waals surface area contributed by atoms with Gasteiger partial charge in [-0.25, -0.2) is 9.82 Å². The molecule has 1 aromatic carbocycles. The van der Waals surface area contributed by atoms with Gasteiger partial charge in [0.25, 0.3) is 10.0 Å². The van der Waals surface area contributed by atoms with E-state index in [0.717, 1.165) is 5.56 Å². The number of hydrogen-bond acceptors (Lipinski definition) is 4. The number of hydrazone groups is 1. The molecule has 2 rings (SSSR count). The van der Waals surface area contributed by atoms with Gasteiger partial charge in [-0.1, -0.05) is 40.9 Å². The van der Waals surface area contributed by atoms with Gasteiger partial charge in [-0.2, -0.15) is 13.5 Å². The lowest BCUT2D eigenvalue weighted by molar-refractivity contribution is 0.584. The third kappa shape index (κ3) is 3.93. The average molecular weight is 344 g/mol. The SMILES string of the molecule is Cc1ccc(S(=O)(=O)NN=Cc2c(Cl)ccnc2Cl)cc1. The van der Waals surface area contributed by atoms with E-state index in [1.54, 1.807) is 12.1 Å². The van der Waals surface area contributed by atoms with Crippen LogP contribution in [0.25, 0.3) is 0 Å². The lowest BCUT2D eigenvalue weighted by Gasteiger charge is -2.04. The quantitative estimate of drug-likeness (QED) is 0.526. The van der Waals surface area contributed by atoms with E-state index in [4.69, 9.17) is 23.2 Å². The maximum absolute atomic E-state index is 12.0. The number of hydrogen-bond donors (Lipinski definition) is 1. The lowest BCUT2D eigenvalue weighted by atomic mass is 10.2. The van der Waals surface area contributed by atoms with Crippen LogP contribution >= 0.6 is 23.2 Å². The van der Waals surface area contributed by atoms with Crippen molar-refractivity contribution >= 4 is 39.4 Å². The van der Waals surface area contributed by atoms with Crippen molar-refractivity contribution in [2.24, 2.45) is 5.10 Å². The number of halogens is 2. The van der Waals surface area contributed by atoms with Crippen molar-refractivity contribution in [2.45, 2.75) is 11.8 Å². The molecular weight excluding hydrogens is 333 g/mol. The fraction of sp³-hybridized carbons (Fsp3) is 0.0769. The van der Waals surface area contributed by atoms with Crippen LogP contribution in [-0.4, -0.2) is 19.6 Å². The molecule has 1 heterocycles. The molecule has 1 aromatic heterocycles. The largest absolute Gasteiger partial charge is 0.276 e. The summed E-state index contributed by atoms with van der Waals surface area (Å²) in [7, 11) is -3.73. The number of aromatic nitrogens is 1. The van der Waals surface area contributed by atoms with Crippen molar-refractivity contribution in [3.05, 3.63) is 57.8 Å². The Bertz CT molecular complexity index is 754. The third-order valence-corrected chi connectivity index (χ3v) is 4.46. The molecule has 0 amide bonds. The monoisotopic (exact) mass is 343 g/mol. The lowest BCUT2D eigenvalue weighted by Crippen LogP contribution is -2.18. The van der Waals surface area contributed by atoms with E-state index in [0.29, 0.717) is 10.6 Å². The van der Waals surface area contributed by atoms with Gasteiger partial charge >= 0.3 is 0 Å². The Labute approximate surface area is 132 Å². The molecule has 0 unspecified atom stereocenters. The topological polar surface area (TPSA) is 71.4 Å². The van der Waals surface area contributed by atoms with Gasteiger partial charge in [0, 0.05) is 6.20 Å². The first-order valence-corrected chi connectivity index (χ1v) is 8.05. The van der Waals surface area contributed by atoms with E-state index in [1.165, 1.54) is 30.6 Å². The van der Waals surface area contributed by atoms with Gasteiger partial charge in [-0.05, 0) is 25.1 Å². The van der Waals surface area contributed by atoms with Crippen molar-refractivity contribution in [3.8, 4) is 0 Å². The predicted octanol–water partition coefficient (Wildman–Crippen LogP) is 3.01. The number of benzene rings is 1. The highest BCUT2D eigenvalue weighted by Gasteiger charge is 2.12. The number of pyridine rings is 1. The summed E-state index contributed by atoms with van der Waals surface area (Å²) >= 11 is 11.8. The molecule has 0 aliphatic carbocycles. The Hall–Kier alpha value is -1.63. The van der Waals surface area contributed by atoms with Crippen LogP contribution in [0.3, 0.4) is 0 Å². The Morgan fingerprint density at radius 3 is 2.48 bits per heavy atom. The standard InChI is InChI=1S/C13H11Cl2N3O2S/c1-9-2-4-10(5-3-9)21(19,20)18-17-8-11-12(14)6-7-16-13(11)15/h2-8,18H,1H3. The summed E-state index contributed by atoms with van der Waals surface area (Å²) in [6.45, 7) is 1.87. The molecule has 2 aromatic rings. The Kier molecular flexibility index (Phi) is 4.82. The molecular formula is C13H11Cl2N3O2S. The molecule has 5 nitrogen and oxygen atoms in total. The highest BCUT2D eigenvalue weighted by molar-refractivity contribution is 7.89. The molecule has 0 saturated carbocycles. The van der Waals surface area contributed by atoms with Gasteiger partial charge in [-0.15, -0.1) is 0 Å². The minimum Gasteiger partial charge on any atom is -0.244 e. The van der Waals surface area contributed by atoms with Gasteiger partial charge < -0.3 is 0 Å². The fourth-order valence-corrected chi connectivity index (χ4v) is 2.71. The van der Waals surface area contributed by atoms with Gasteiger partial charge in [0.2, 0.25) is 0 Å². The Morgan fingerprint density at radius 1 is 1.19 bits per heavy atom. The minimum atomic E-state index is -3.73. The van der Waals surface area contributed by atoms with Crippen molar-refractivity contribution < 1.29 is 8.42 Å². The van der Waals surface area contributed by atoms with Crippen molar-refractivity contribution in [1.82, 2.24) is 9.82 Å². The predicted molar refractivity (Wildman–Crippen MR) is 83.4 cm³/mol. The number of rotatable bonds is 4. The maximum Gasteiger partial charge on any atom is 0.276 e. The molecule has 0 bridgehead atoms. The molecule has 21 heavy (non-hydrogen) atoms. The van der Waals surface area contributed by atoms with Crippen molar-refractivity contribution in [2.75, 3.05) is 0 Å². The second kappa shape index (κ2) is 6.43. The van der Waals surface area contributed by atoms with E-state index < -0.39 is 10.0 Å². The van der Waals surface area contributed by atoms with Crippen LogP contribution in [0.5, 0.6) is 0 Å². The summed E-state index contributed by atoms with van der Waals surface area (Å²) in [6.07, 6.45) is 2.65. The van der Waals surface area contributed by atoms with Gasteiger partial charge in [0.15, 0.2) is 0 Å². The van der Waals surface area contributed by atoms with Gasteiger partial charge in [0.1, 0.15) is 5.15 Å². The summed E-state index contributed by atoms with van der Waals surface area (Å²) in [5.41, 5.74) is 1.30. The highest BCUT2D eigenvalue weighted by atomic mass is 35.5. The van der Waals surface area contributed by atoms with Crippen LogP contribution in [0.4, 0.5) is 0 Å². The van der Waals surface area contributed by atoms with Gasteiger partial charge in [-0.3, -0.25) is 0 Å². The average Bonchev–Trinajstić information content (AvgIpc) is 2.42. The number of nitrogens with one attached hydrogen (secondary N) is 1. The summed E-state index contributed by atoms with van der Waals surface area (Å²) < 4.78 is 24.0. The van der Waals surface area contributed by atoms with Crippen molar-refractivity contribution in [3.63, 3.8) is 0 Å². The molecule has 0 spiro atoms. The summed E-state index contributed by atoms with van der Waals surface area (Å²) in [5.74, 6) is 0. The first kappa shape index (κ1) is 15.8. The molecule has 0 radical (unpaired) electrons. The zero-order valence-corrected chi connectivity index (χ0v) is 13.2. The zero-order valence-electron chi connectivity index (χ0n) is 10.9. The Morgan fingerprint density at radius 2 is 1.86 bits per heavy atom. The second-order valence-electron chi connectivity index (χ2n) is 4.16. The van der Waals surface area contributed by atoms with E-state index in [2.05, 4.69) is 14.9 Å². The number of nitrogens with zero attached hydrogens (tertiary/aromatic N) is 2. The summed E-state index contributed by atoms with van der Waals surface area (Å²) in [5, 5.41) is 4.13. The normalized spacial score (nSPS) is 11.8. The molecule has 0 fully saturated rings. The molecule has 8 heteroatoms. The zero-order chi connectivity index (χ0) is 15.5. The van der Waals surface area contributed by atoms with Crippen LogP contribution in [0.1, 0.15) is 11.1 Å². The molecule has 1 N–H and O–H groups in total. The smallest absolute Gasteiger partial charge is 0.244 e. The van der Waals surface area contributed by atoms with E-state index in [1.807, 2.05) is 6.92 Å². The van der Waals surface area contributed by atoms with Crippen molar-refractivity contribution in [1.29, 1.82) is 0 Å². The van der Waals surface area contributed by atoms with E-state index in [-0.39, 0.29) is 10.0 Å². The maximum atomic E-state index is 12.0. The summed E-state index contributed by atoms with van der Waals surface area (Å²) in [6, 6.07) is 7.93. The van der Waals surface area contributed by atoms with E-state index >= 15 is 0 Å². The molecule has 110 valence electrons. The molecule has 0 atom stereocenters. The molecule has 0 aliphatic heterocycles. The highest BCUT2D eigenvalue weighted by Crippen LogP contribution is 2.19. The molecule has 0 saturated heterocycles. The molecule has 0 aliphatic rings. The fourth-order valence-electron chi connectivity index (χ4n) is 1.47. The number of sulfonamides is 1. The van der Waals surface area contributed by atoms with Crippen LogP contribution in [-0.2, 0) is 10.0 Å². The number of aryl methyl sites for hydroxylation is 1. The van der Waals surface area contributed by atoms with Crippen LogP contribution in [0, 0.1) is 6.92 Å². The van der Waals surface area contributed by atoms with E-state index in [9.17, 15) is 8.42 Å². The minimum absolute atomic E-state index is 0.119. The van der Waals surface area contributed by atoms with Crippen LogP contribution < -0.4 is 4.83 Å².